The van der Waals surface area contributed by atoms with E-state index in [1.807, 2.05) is 0 Å². The number of ether oxygens (including phenoxy) is 3. The molecule has 0 spiro atoms. The van der Waals surface area contributed by atoms with Crippen LogP contribution in [0.3, 0.4) is 0 Å². The third-order valence-electron chi connectivity index (χ3n) is 5.59. The van der Waals surface area contributed by atoms with Gasteiger partial charge in [0.2, 0.25) is 0 Å². The van der Waals surface area contributed by atoms with Gasteiger partial charge >= 0.3 is 6.18 Å². The Morgan fingerprint density at radius 3 is 1.39 bits per heavy atom. The largest absolute Gasteiger partial charge is 0.389 e. The van der Waals surface area contributed by atoms with Crippen LogP contribution in [0.15, 0.2) is 0 Å². The van der Waals surface area contributed by atoms with Crippen molar-refractivity contribution in [3.05, 3.63) is 0 Å². The lowest BCUT2D eigenvalue weighted by Crippen LogP contribution is -2.47. The number of hydrogen-bond acceptors (Lipinski definition) is 3. The Kier molecular flexibility index (Phi) is 19.0. The van der Waals surface area contributed by atoms with Crippen molar-refractivity contribution in [3.8, 4) is 0 Å². The molecule has 0 aliphatic carbocycles. The van der Waals surface area contributed by atoms with Gasteiger partial charge in [0.25, 0.3) is 5.97 Å². The summed E-state index contributed by atoms with van der Waals surface area (Å²) in [6, 6.07) is 0. The highest BCUT2D eigenvalue weighted by Crippen LogP contribution is 2.37. The van der Waals surface area contributed by atoms with Crippen molar-refractivity contribution in [1.82, 2.24) is 0 Å². The molecule has 0 fully saturated rings. The number of halogens is 3. The Labute approximate surface area is 189 Å². The molecule has 1 unspecified atom stereocenters. The molecule has 0 saturated heterocycles. The van der Waals surface area contributed by atoms with Crippen molar-refractivity contribution >= 4 is 0 Å². The predicted molar refractivity (Wildman–Crippen MR) is 122 cm³/mol. The maximum atomic E-state index is 13.1. The molecule has 0 aromatic rings. The lowest BCUT2D eigenvalue weighted by molar-refractivity contribution is -0.408. The minimum atomic E-state index is -4.19. The summed E-state index contributed by atoms with van der Waals surface area (Å²) in [5, 5.41) is 0. The summed E-state index contributed by atoms with van der Waals surface area (Å²) in [5.74, 6) is -1.79. The van der Waals surface area contributed by atoms with Gasteiger partial charge in [0.1, 0.15) is 0 Å². The van der Waals surface area contributed by atoms with E-state index in [2.05, 4.69) is 27.7 Å². The average molecular weight is 455 g/mol. The maximum Gasteiger partial charge on any atom is 0.389 e. The molecular weight excluding hydrogens is 405 g/mol. The Hall–Kier alpha value is -0.330. The summed E-state index contributed by atoms with van der Waals surface area (Å²) in [5.41, 5.74) is 0. The minimum absolute atomic E-state index is 0.0250. The summed E-state index contributed by atoms with van der Waals surface area (Å²) in [4.78, 5) is 0. The van der Waals surface area contributed by atoms with Gasteiger partial charge in [0.05, 0.1) is 19.8 Å². The number of rotatable bonds is 22. The zero-order valence-corrected chi connectivity index (χ0v) is 20.7. The summed E-state index contributed by atoms with van der Waals surface area (Å²) >= 11 is 0. The van der Waals surface area contributed by atoms with Crippen molar-refractivity contribution in [1.29, 1.82) is 0 Å². The van der Waals surface area contributed by atoms with Crippen molar-refractivity contribution in [3.63, 3.8) is 0 Å². The summed E-state index contributed by atoms with van der Waals surface area (Å²) in [6.07, 6.45) is 7.52. The van der Waals surface area contributed by atoms with Gasteiger partial charge in [-0.15, -0.1) is 0 Å². The van der Waals surface area contributed by atoms with Crippen LogP contribution in [-0.4, -0.2) is 32.0 Å². The number of alkyl halides is 3. The molecule has 31 heavy (non-hydrogen) atoms. The van der Waals surface area contributed by atoms with Crippen LogP contribution in [0.25, 0.3) is 0 Å². The summed E-state index contributed by atoms with van der Waals surface area (Å²) < 4.78 is 57.9. The van der Waals surface area contributed by atoms with Crippen molar-refractivity contribution in [2.24, 2.45) is 5.92 Å². The monoisotopic (exact) mass is 454 g/mol. The van der Waals surface area contributed by atoms with Gasteiger partial charge in [-0.2, -0.15) is 13.2 Å². The van der Waals surface area contributed by atoms with E-state index in [4.69, 9.17) is 14.2 Å². The van der Waals surface area contributed by atoms with E-state index in [9.17, 15) is 13.2 Å². The van der Waals surface area contributed by atoms with Crippen LogP contribution in [0.5, 0.6) is 0 Å². The van der Waals surface area contributed by atoms with Gasteiger partial charge in [0, 0.05) is 12.3 Å². The predicted octanol–water partition coefficient (Wildman–Crippen LogP) is 8.80. The van der Waals surface area contributed by atoms with Gasteiger partial charge in [-0.05, 0) is 32.1 Å². The first-order valence-corrected chi connectivity index (χ1v) is 12.8. The minimum Gasteiger partial charge on any atom is -0.327 e. The van der Waals surface area contributed by atoms with Crippen molar-refractivity contribution < 1.29 is 27.4 Å². The molecular formula is C25H49F3O3. The fraction of sp³-hybridized carbons (Fsp3) is 1.00. The standard InChI is InChI=1S/C25H49F3O3/c1-5-9-13-14-15-16-17-23(18-19-24(26,27)28)25(29-20-10-6-2,30-21-11-7-3)31-22-12-8-4/h23H,5-22H2,1-4H3. The quantitative estimate of drug-likeness (QED) is 0.121. The number of hydrogen-bond donors (Lipinski definition) is 0. The van der Waals surface area contributed by atoms with Gasteiger partial charge in [0.15, 0.2) is 0 Å². The van der Waals surface area contributed by atoms with E-state index in [1.165, 1.54) is 19.3 Å². The Morgan fingerprint density at radius 2 is 0.968 bits per heavy atom. The zero-order valence-electron chi connectivity index (χ0n) is 20.7. The molecule has 0 radical (unpaired) electrons. The molecule has 0 heterocycles. The smallest absolute Gasteiger partial charge is 0.327 e. The summed E-state index contributed by atoms with van der Waals surface area (Å²) in [7, 11) is 0. The molecule has 0 aromatic heterocycles. The van der Waals surface area contributed by atoms with Crippen LogP contribution < -0.4 is 0 Å². The maximum absolute atomic E-state index is 13.1. The lowest BCUT2D eigenvalue weighted by atomic mass is 9.92. The van der Waals surface area contributed by atoms with Gasteiger partial charge < -0.3 is 14.2 Å². The van der Waals surface area contributed by atoms with E-state index in [1.54, 1.807) is 0 Å². The first kappa shape index (κ1) is 30.7. The first-order valence-electron chi connectivity index (χ1n) is 12.8. The second kappa shape index (κ2) is 19.2. The third-order valence-corrected chi connectivity index (χ3v) is 5.59. The molecule has 0 bridgehead atoms. The van der Waals surface area contributed by atoms with E-state index in [0.29, 0.717) is 26.2 Å². The Bertz CT molecular complexity index is 362. The topological polar surface area (TPSA) is 27.7 Å². The highest BCUT2D eigenvalue weighted by Gasteiger charge is 2.44. The third kappa shape index (κ3) is 16.0. The molecule has 0 aromatic carbocycles. The molecule has 0 saturated carbocycles. The molecule has 0 aliphatic heterocycles. The first-order chi connectivity index (χ1) is 14.8. The van der Waals surface area contributed by atoms with E-state index < -0.39 is 24.5 Å². The fourth-order valence-corrected chi connectivity index (χ4v) is 3.56. The molecule has 0 rings (SSSR count). The van der Waals surface area contributed by atoms with Crippen LogP contribution in [0.4, 0.5) is 13.2 Å². The normalized spacial score (nSPS) is 13.6. The van der Waals surface area contributed by atoms with Crippen LogP contribution in [0, 0.1) is 5.92 Å². The highest BCUT2D eigenvalue weighted by molar-refractivity contribution is 4.75. The van der Waals surface area contributed by atoms with Crippen LogP contribution >= 0.6 is 0 Å². The SMILES string of the molecule is CCCCCCCCC(CCC(F)(F)F)C(OCCCC)(OCCCC)OCCCC. The van der Waals surface area contributed by atoms with Gasteiger partial charge in [-0.25, -0.2) is 0 Å². The molecule has 3 nitrogen and oxygen atoms in total. The highest BCUT2D eigenvalue weighted by atomic mass is 19.4. The van der Waals surface area contributed by atoms with Crippen molar-refractivity contribution in [2.45, 2.75) is 136 Å². The summed E-state index contributed by atoms with van der Waals surface area (Å²) in [6.45, 7) is 9.70. The Balaban J connectivity index is 5.43. The van der Waals surface area contributed by atoms with Gasteiger partial charge in [-0.3, -0.25) is 0 Å². The van der Waals surface area contributed by atoms with E-state index in [-0.39, 0.29) is 6.42 Å². The molecule has 6 heteroatoms. The molecule has 0 amide bonds. The van der Waals surface area contributed by atoms with Crippen LogP contribution in [0.2, 0.25) is 0 Å². The molecule has 0 aliphatic rings. The lowest BCUT2D eigenvalue weighted by Gasteiger charge is -2.40. The van der Waals surface area contributed by atoms with Gasteiger partial charge in [-0.1, -0.05) is 85.5 Å². The van der Waals surface area contributed by atoms with E-state index >= 15 is 0 Å². The molecule has 1 atom stereocenters. The van der Waals surface area contributed by atoms with E-state index in [0.717, 1.165) is 57.8 Å². The molecule has 188 valence electrons. The molecule has 0 N–H and O–H groups in total. The van der Waals surface area contributed by atoms with Crippen LogP contribution in [0.1, 0.15) is 124 Å². The zero-order chi connectivity index (χ0) is 23.4. The fourth-order valence-electron chi connectivity index (χ4n) is 3.56. The second-order valence-electron chi connectivity index (χ2n) is 8.62. The Morgan fingerprint density at radius 1 is 0.548 bits per heavy atom. The van der Waals surface area contributed by atoms with Crippen molar-refractivity contribution in [2.75, 3.05) is 19.8 Å². The van der Waals surface area contributed by atoms with Crippen LogP contribution in [-0.2, 0) is 14.2 Å². The number of unbranched alkanes of at least 4 members (excludes halogenated alkanes) is 8. The average Bonchev–Trinajstić information content (AvgIpc) is 2.72. The second-order valence-corrected chi connectivity index (χ2v) is 8.62.